The van der Waals surface area contributed by atoms with Crippen LogP contribution in [0.3, 0.4) is 0 Å². The van der Waals surface area contributed by atoms with E-state index in [0.29, 0.717) is 5.41 Å². The number of hydrogen-bond acceptors (Lipinski definition) is 2. The Morgan fingerprint density at radius 1 is 1.12 bits per heavy atom. The monoisotopic (exact) mass is 450 g/mol. The summed E-state index contributed by atoms with van der Waals surface area (Å²) in [4.78, 5) is 7.37. The van der Waals surface area contributed by atoms with Crippen molar-refractivity contribution in [2.75, 3.05) is 39.8 Å². The summed E-state index contributed by atoms with van der Waals surface area (Å²) in [6, 6.07) is 0. The summed E-state index contributed by atoms with van der Waals surface area (Å²) in [7, 11) is 2.23. The highest BCUT2D eigenvalue weighted by atomic mass is 127. The fourth-order valence-electron chi connectivity index (χ4n) is 4.08. The Kier molecular flexibility index (Phi) is 10.6. The van der Waals surface area contributed by atoms with Gasteiger partial charge in [-0.15, -0.1) is 24.0 Å². The largest absolute Gasteiger partial charge is 0.357 e. The lowest BCUT2D eigenvalue weighted by molar-refractivity contribution is 0.213. The lowest BCUT2D eigenvalue weighted by atomic mass is 9.84. The smallest absolute Gasteiger partial charge is 0.191 e. The van der Waals surface area contributed by atoms with E-state index in [2.05, 4.69) is 36.4 Å². The number of aliphatic imine (C=N–C) groups is 1. The zero-order chi connectivity index (χ0) is 16.5. The van der Waals surface area contributed by atoms with Crippen molar-refractivity contribution in [3.63, 3.8) is 0 Å². The van der Waals surface area contributed by atoms with Crippen molar-refractivity contribution in [2.24, 2.45) is 16.3 Å². The Balaban J connectivity index is 0.00000288. The number of nitrogens with zero attached hydrogens (tertiary/aromatic N) is 2. The van der Waals surface area contributed by atoms with Gasteiger partial charge in [-0.2, -0.15) is 0 Å². The second-order valence-corrected chi connectivity index (χ2v) is 7.72. The molecule has 0 bridgehead atoms. The first-order valence-electron chi connectivity index (χ1n) is 9.88. The van der Waals surface area contributed by atoms with Crippen LogP contribution in [-0.2, 0) is 0 Å². The summed E-state index contributed by atoms with van der Waals surface area (Å²) in [6.07, 6.45) is 10.8. The Morgan fingerprint density at radius 2 is 1.79 bits per heavy atom. The number of halogens is 1. The van der Waals surface area contributed by atoms with Crippen LogP contribution < -0.4 is 10.6 Å². The molecule has 1 aliphatic carbocycles. The van der Waals surface area contributed by atoms with E-state index in [9.17, 15) is 0 Å². The molecule has 2 aliphatic rings. The normalized spacial score (nSPS) is 22.2. The summed E-state index contributed by atoms with van der Waals surface area (Å²) >= 11 is 0. The fourth-order valence-corrected chi connectivity index (χ4v) is 4.08. The molecule has 0 radical (unpaired) electrons. The fraction of sp³-hybridized carbons (Fsp3) is 0.947. The molecule has 1 heterocycles. The molecule has 0 aromatic rings. The molecule has 0 aromatic carbocycles. The van der Waals surface area contributed by atoms with Crippen molar-refractivity contribution in [2.45, 2.75) is 65.2 Å². The minimum absolute atomic E-state index is 0. The van der Waals surface area contributed by atoms with Gasteiger partial charge in [-0.3, -0.25) is 4.99 Å². The SMILES string of the molecule is CCNC(=NCC1(CC)CCCC1)NCCC1CCN(C)CC1.I. The van der Waals surface area contributed by atoms with Gasteiger partial charge in [0.05, 0.1) is 0 Å². The van der Waals surface area contributed by atoms with Crippen molar-refractivity contribution in [1.29, 1.82) is 0 Å². The Bertz CT molecular complexity index is 358. The lowest BCUT2D eigenvalue weighted by Gasteiger charge is -2.29. The predicted octanol–water partition coefficient (Wildman–Crippen LogP) is 3.86. The Labute approximate surface area is 166 Å². The van der Waals surface area contributed by atoms with Gasteiger partial charge >= 0.3 is 0 Å². The third-order valence-corrected chi connectivity index (χ3v) is 6.01. The number of nitrogens with one attached hydrogen (secondary N) is 2. The summed E-state index contributed by atoms with van der Waals surface area (Å²) in [5, 5.41) is 6.99. The maximum absolute atomic E-state index is 4.92. The second-order valence-electron chi connectivity index (χ2n) is 7.72. The maximum atomic E-state index is 4.92. The van der Waals surface area contributed by atoms with Gasteiger partial charge in [0.2, 0.25) is 0 Å². The first-order chi connectivity index (χ1) is 11.2. The molecule has 4 nitrogen and oxygen atoms in total. The maximum Gasteiger partial charge on any atom is 0.191 e. The Hall–Kier alpha value is -0.0400. The van der Waals surface area contributed by atoms with Crippen LogP contribution in [0.25, 0.3) is 0 Å². The van der Waals surface area contributed by atoms with Gasteiger partial charge in [-0.25, -0.2) is 0 Å². The standard InChI is InChI=1S/C19H38N4.HI/c1-4-19(11-6-7-12-19)16-22-18(20-5-2)21-13-8-17-9-14-23(3)15-10-17;/h17H,4-16H2,1-3H3,(H2,20,21,22);1H. The highest BCUT2D eigenvalue weighted by molar-refractivity contribution is 14.0. The molecular formula is C19H39IN4. The molecule has 1 saturated carbocycles. The second kappa shape index (κ2) is 11.6. The minimum atomic E-state index is 0. The summed E-state index contributed by atoms with van der Waals surface area (Å²) < 4.78 is 0. The first-order valence-corrected chi connectivity index (χ1v) is 9.88. The van der Waals surface area contributed by atoms with Crippen molar-refractivity contribution < 1.29 is 0 Å². The van der Waals surface area contributed by atoms with Crippen molar-refractivity contribution in [3.8, 4) is 0 Å². The number of rotatable bonds is 7. The number of guanidine groups is 1. The molecule has 142 valence electrons. The van der Waals surface area contributed by atoms with E-state index in [1.807, 2.05) is 0 Å². The third-order valence-electron chi connectivity index (χ3n) is 6.01. The molecule has 2 fully saturated rings. The van der Waals surface area contributed by atoms with Crippen LogP contribution in [0.4, 0.5) is 0 Å². The first kappa shape index (κ1) is 22.0. The van der Waals surface area contributed by atoms with Crippen molar-refractivity contribution in [3.05, 3.63) is 0 Å². The molecule has 2 N–H and O–H groups in total. The van der Waals surface area contributed by atoms with E-state index in [0.717, 1.165) is 31.5 Å². The quantitative estimate of drug-likeness (QED) is 0.352. The lowest BCUT2D eigenvalue weighted by Crippen LogP contribution is -2.40. The molecule has 0 amide bonds. The van der Waals surface area contributed by atoms with Gasteiger partial charge in [0, 0.05) is 19.6 Å². The van der Waals surface area contributed by atoms with Crippen LogP contribution in [-0.4, -0.2) is 50.6 Å². The average molecular weight is 450 g/mol. The zero-order valence-corrected chi connectivity index (χ0v) is 18.4. The van der Waals surface area contributed by atoms with Gasteiger partial charge in [0.1, 0.15) is 0 Å². The molecular weight excluding hydrogens is 411 g/mol. The van der Waals surface area contributed by atoms with E-state index >= 15 is 0 Å². The third kappa shape index (κ3) is 7.06. The Morgan fingerprint density at radius 3 is 2.38 bits per heavy atom. The van der Waals surface area contributed by atoms with Crippen LogP contribution in [0.1, 0.15) is 65.2 Å². The molecule has 0 unspecified atom stereocenters. The van der Waals surface area contributed by atoms with E-state index in [-0.39, 0.29) is 24.0 Å². The van der Waals surface area contributed by atoms with E-state index in [1.165, 1.54) is 64.5 Å². The molecule has 0 aromatic heterocycles. The predicted molar refractivity (Wildman–Crippen MR) is 115 cm³/mol. The highest BCUT2D eigenvalue weighted by Crippen LogP contribution is 2.41. The van der Waals surface area contributed by atoms with Gasteiger partial charge in [-0.1, -0.05) is 19.8 Å². The highest BCUT2D eigenvalue weighted by Gasteiger charge is 2.31. The van der Waals surface area contributed by atoms with Gasteiger partial charge in [0.25, 0.3) is 0 Å². The topological polar surface area (TPSA) is 39.7 Å². The van der Waals surface area contributed by atoms with E-state index < -0.39 is 0 Å². The molecule has 2 rings (SSSR count). The zero-order valence-electron chi connectivity index (χ0n) is 16.1. The van der Waals surface area contributed by atoms with Crippen molar-refractivity contribution in [1.82, 2.24) is 15.5 Å². The van der Waals surface area contributed by atoms with E-state index in [1.54, 1.807) is 0 Å². The van der Waals surface area contributed by atoms with Gasteiger partial charge < -0.3 is 15.5 Å². The average Bonchev–Trinajstić information content (AvgIpc) is 3.04. The van der Waals surface area contributed by atoms with E-state index in [4.69, 9.17) is 4.99 Å². The van der Waals surface area contributed by atoms with Crippen LogP contribution in [0.5, 0.6) is 0 Å². The minimum Gasteiger partial charge on any atom is -0.357 e. The molecule has 0 spiro atoms. The summed E-state index contributed by atoms with van der Waals surface area (Å²) in [5.41, 5.74) is 0.482. The van der Waals surface area contributed by atoms with Crippen LogP contribution >= 0.6 is 24.0 Å². The number of piperidine rings is 1. The van der Waals surface area contributed by atoms with Crippen LogP contribution in [0.2, 0.25) is 0 Å². The van der Waals surface area contributed by atoms with Gasteiger partial charge in [-0.05, 0) is 76.9 Å². The molecule has 24 heavy (non-hydrogen) atoms. The van der Waals surface area contributed by atoms with Crippen LogP contribution in [0.15, 0.2) is 4.99 Å². The van der Waals surface area contributed by atoms with Crippen molar-refractivity contribution >= 4 is 29.9 Å². The molecule has 1 saturated heterocycles. The molecule has 1 aliphatic heterocycles. The summed E-state index contributed by atoms with van der Waals surface area (Å²) in [5.74, 6) is 1.92. The molecule has 5 heteroatoms. The van der Waals surface area contributed by atoms with Gasteiger partial charge in [0.15, 0.2) is 5.96 Å². The van der Waals surface area contributed by atoms with Crippen LogP contribution in [0, 0.1) is 11.3 Å². The number of likely N-dealkylation sites (tertiary alicyclic amines) is 1. The summed E-state index contributed by atoms with van der Waals surface area (Å²) in [6.45, 7) is 10.0. The number of hydrogen-bond donors (Lipinski definition) is 2. The molecule has 0 atom stereocenters.